The number of anilines is 1. The first-order valence-electron chi connectivity index (χ1n) is 8.50. The molecule has 1 aliphatic rings. The van der Waals surface area contributed by atoms with Crippen molar-refractivity contribution in [2.75, 3.05) is 25.2 Å². The Morgan fingerprint density at radius 2 is 2.04 bits per heavy atom. The lowest BCUT2D eigenvalue weighted by atomic mass is 9.80. The Hall–Kier alpha value is -1.90. The van der Waals surface area contributed by atoms with Crippen LogP contribution in [0.5, 0.6) is 0 Å². The van der Waals surface area contributed by atoms with E-state index in [1.54, 1.807) is 0 Å². The fourth-order valence-corrected chi connectivity index (χ4v) is 3.30. The monoisotopic (exact) mass is 312 g/mol. The normalized spacial score (nSPS) is 14.6. The highest BCUT2D eigenvalue weighted by Gasteiger charge is 2.20. The molecule has 1 fully saturated rings. The summed E-state index contributed by atoms with van der Waals surface area (Å²) >= 11 is 0. The first-order valence-corrected chi connectivity index (χ1v) is 8.50. The largest absolute Gasteiger partial charge is 0.372 e. The van der Waals surface area contributed by atoms with Crippen molar-refractivity contribution in [3.05, 3.63) is 47.8 Å². The van der Waals surface area contributed by atoms with E-state index in [9.17, 15) is 4.39 Å². The van der Waals surface area contributed by atoms with E-state index in [1.165, 1.54) is 41.5 Å². The van der Waals surface area contributed by atoms with Gasteiger partial charge in [0.1, 0.15) is 6.67 Å². The minimum atomic E-state index is -0.326. The quantitative estimate of drug-likeness (QED) is 0.761. The molecule has 0 radical (unpaired) electrons. The molecule has 2 aromatic rings. The summed E-state index contributed by atoms with van der Waals surface area (Å²) < 4.78 is 12.5. The summed E-state index contributed by atoms with van der Waals surface area (Å²) in [7, 11) is 1.93. The zero-order chi connectivity index (χ0) is 16.2. The number of hydrogen-bond acceptors (Lipinski definition) is 2. The second-order valence-corrected chi connectivity index (χ2v) is 6.64. The van der Waals surface area contributed by atoms with Gasteiger partial charge in [-0.15, -0.1) is 0 Å². The Bertz CT molecular complexity index is 664. The minimum Gasteiger partial charge on any atom is -0.372 e. The average Bonchev–Trinajstić information content (AvgIpc) is 2.51. The highest BCUT2D eigenvalue weighted by atomic mass is 19.1. The molecular formula is C20H25FN2. The van der Waals surface area contributed by atoms with Gasteiger partial charge in [-0.3, -0.25) is 4.98 Å². The molecule has 0 unspecified atom stereocenters. The van der Waals surface area contributed by atoms with Gasteiger partial charge in [0.15, 0.2) is 0 Å². The molecule has 0 amide bonds. The molecular weight excluding hydrogens is 287 g/mol. The van der Waals surface area contributed by atoms with Gasteiger partial charge in [-0.05, 0) is 59.7 Å². The molecule has 0 aliphatic heterocycles. The lowest BCUT2D eigenvalue weighted by molar-refractivity contribution is 0.314. The van der Waals surface area contributed by atoms with Crippen molar-refractivity contribution in [1.82, 2.24) is 4.98 Å². The Labute approximate surface area is 138 Å². The Kier molecular flexibility index (Phi) is 4.94. The predicted octanol–water partition coefficient (Wildman–Crippen LogP) is 4.81. The van der Waals surface area contributed by atoms with Gasteiger partial charge < -0.3 is 4.90 Å². The van der Waals surface area contributed by atoms with Crippen LogP contribution in [0.1, 0.15) is 30.4 Å². The van der Waals surface area contributed by atoms with E-state index in [2.05, 4.69) is 36.2 Å². The van der Waals surface area contributed by atoms with Crippen molar-refractivity contribution in [2.24, 2.45) is 5.92 Å². The molecule has 122 valence electrons. The Morgan fingerprint density at radius 1 is 1.22 bits per heavy atom. The average molecular weight is 312 g/mol. The number of rotatable bonds is 6. The Morgan fingerprint density at radius 3 is 2.70 bits per heavy atom. The number of aryl methyl sites for hydroxylation is 1. The molecule has 1 saturated carbocycles. The van der Waals surface area contributed by atoms with Gasteiger partial charge in [-0.1, -0.05) is 25.3 Å². The van der Waals surface area contributed by atoms with E-state index in [0.29, 0.717) is 6.54 Å². The maximum atomic E-state index is 12.5. The third-order valence-corrected chi connectivity index (χ3v) is 5.00. The van der Waals surface area contributed by atoms with Gasteiger partial charge in [-0.25, -0.2) is 4.39 Å². The van der Waals surface area contributed by atoms with Crippen molar-refractivity contribution in [3.8, 4) is 11.1 Å². The van der Waals surface area contributed by atoms with Crippen molar-refractivity contribution in [1.29, 1.82) is 0 Å². The molecule has 0 saturated heterocycles. The SMILES string of the molecule is Cc1cc(N(C)CCF)ccc1-c1ccncc1CC1CCC1. The zero-order valence-corrected chi connectivity index (χ0v) is 14.1. The van der Waals surface area contributed by atoms with E-state index in [1.807, 2.05) is 24.3 Å². The fourth-order valence-electron chi connectivity index (χ4n) is 3.30. The molecule has 1 aliphatic carbocycles. The fraction of sp³-hybridized carbons (Fsp3) is 0.450. The summed E-state index contributed by atoms with van der Waals surface area (Å²) in [5.74, 6) is 0.827. The van der Waals surface area contributed by atoms with E-state index in [-0.39, 0.29) is 6.67 Å². The van der Waals surface area contributed by atoms with Crippen molar-refractivity contribution >= 4 is 5.69 Å². The van der Waals surface area contributed by atoms with Gasteiger partial charge in [0.05, 0.1) is 0 Å². The van der Waals surface area contributed by atoms with Gasteiger partial charge in [-0.2, -0.15) is 0 Å². The summed E-state index contributed by atoms with van der Waals surface area (Å²) in [6, 6.07) is 8.53. The second-order valence-electron chi connectivity index (χ2n) is 6.64. The summed E-state index contributed by atoms with van der Waals surface area (Å²) in [5.41, 5.74) is 6.21. The van der Waals surface area contributed by atoms with Crippen LogP contribution in [0.2, 0.25) is 0 Å². The first-order chi connectivity index (χ1) is 11.2. The van der Waals surface area contributed by atoms with Crippen LogP contribution in [-0.4, -0.2) is 25.3 Å². The van der Waals surface area contributed by atoms with Crippen LogP contribution >= 0.6 is 0 Å². The minimum absolute atomic E-state index is 0.326. The third kappa shape index (κ3) is 3.54. The lowest BCUT2D eigenvalue weighted by Crippen LogP contribution is -2.19. The number of hydrogen-bond donors (Lipinski definition) is 0. The molecule has 0 atom stereocenters. The van der Waals surface area contributed by atoms with Crippen LogP contribution in [-0.2, 0) is 6.42 Å². The number of nitrogens with zero attached hydrogens (tertiary/aromatic N) is 2. The zero-order valence-electron chi connectivity index (χ0n) is 14.1. The van der Waals surface area contributed by atoms with Gasteiger partial charge in [0.2, 0.25) is 0 Å². The molecule has 1 aromatic heterocycles. The number of halogens is 1. The molecule has 3 rings (SSSR count). The maximum Gasteiger partial charge on any atom is 0.107 e. The third-order valence-electron chi connectivity index (χ3n) is 5.00. The lowest BCUT2D eigenvalue weighted by Gasteiger charge is -2.26. The van der Waals surface area contributed by atoms with Crippen LogP contribution in [0.25, 0.3) is 11.1 Å². The smallest absolute Gasteiger partial charge is 0.107 e. The summed E-state index contributed by atoms with van der Waals surface area (Å²) in [4.78, 5) is 6.29. The van der Waals surface area contributed by atoms with Gasteiger partial charge in [0.25, 0.3) is 0 Å². The molecule has 0 bridgehead atoms. The number of benzene rings is 1. The molecule has 0 spiro atoms. The molecule has 3 heteroatoms. The second kappa shape index (κ2) is 7.12. The van der Waals surface area contributed by atoms with Crippen LogP contribution in [0.15, 0.2) is 36.7 Å². The van der Waals surface area contributed by atoms with Crippen LogP contribution < -0.4 is 4.90 Å². The molecule has 1 heterocycles. The summed E-state index contributed by atoms with van der Waals surface area (Å²) in [5, 5.41) is 0. The standard InChI is InChI=1S/C20H25FN2/c1-15-12-18(23(2)11-9-21)6-7-19(15)20-8-10-22-14-17(20)13-16-4-3-5-16/h6-8,10,12,14,16H,3-5,9,11,13H2,1-2H3. The molecule has 1 aromatic carbocycles. The molecule has 0 N–H and O–H groups in total. The van der Waals surface area contributed by atoms with E-state index in [4.69, 9.17) is 0 Å². The summed E-state index contributed by atoms with van der Waals surface area (Å²) in [6.07, 6.45) is 9.10. The first kappa shape index (κ1) is 16.0. The van der Waals surface area contributed by atoms with Crippen LogP contribution in [0, 0.1) is 12.8 Å². The Balaban J connectivity index is 1.89. The van der Waals surface area contributed by atoms with Crippen LogP contribution in [0.3, 0.4) is 0 Å². The number of aromatic nitrogens is 1. The van der Waals surface area contributed by atoms with E-state index in [0.717, 1.165) is 18.0 Å². The molecule has 2 nitrogen and oxygen atoms in total. The van der Waals surface area contributed by atoms with Crippen LogP contribution in [0.4, 0.5) is 10.1 Å². The van der Waals surface area contributed by atoms with E-state index < -0.39 is 0 Å². The maximum absolute atomic E-state index is 12.5. The highest BCUT2D eigenvalue weighted by Crippen LogP contribution is 2.34. The predicted molar refractivity (Wildman–Crippen MR) is 94.7 cm³/mol. The van der Waals surface area contributed by atoms with Gasteiger partial charge in [0, 0.05) is 31.7 Å². The number of pyridine rings is 1. The van der Waals surface area contributed by atoms with Crippen molar-refractivity contribution < 1.29 is 4.39 Å². The van der Waals surface area contributed by atoms with E-state index >= 15 is 0 Å². The van der Waals surface area contributed by atoms with Crippen molar-refractivity contribution in [2.45, 2.75) is 32.6 Å². The summed E-state index contributed by atoms with van der Waals surface area (Å²) in [6.45, 7) is 2.24. The highest BCUT2D eigenvalue weighted by molar-refractivity contribution is 5.72. The topological polar surface area (TPSA) is 16.1 Å². The molecule has 23 heavy (non-hydrogen) atoms. The number of alkyl halides is 1. The van der Waals surface area contributed by atoms with Crippen molar-refractivity contribution in [3.63, 3.8) is 0 Å². The van der Waals surface area contributed by atoms with Gasteiger partial charge >= 0.3 is 0 Å².